The lowest BCUT2D eigenvalue weighted by Gasteiger charge is -2.05. The molecule has 0 radical (unpaired) electrons. The third-order valence-electron chi connectivity index (χ3n) is 2.83. The molecular weight excluding hydrogens is 282 g/mol. The molecule has 1 amide bonds. The molecule has 7 nitrogen and oxygen atoms in total. The van der Waals surface area contributed by atoms with Gasteiger partial charge in [-0.15, -0.1) is 11.3 Å². The van der Waals surface area contributed by atoms with Crippen molar-refractivity contribution in [1.29, 1.82) is 0 Å². The van der Waals surface area contributed by atoms with Gasteiger partial charge in [0.05, 0.1) is 11.7 Å². The molecule has 0 spiro atoms. The van der Waals surface area contributed by atoms with Crippen molar-refractivity contribution in [3.63, 3.8) is 0 Å². The van der Waals surface area contributed by atoms with Gasteiger partial charge in [-0.1, -0.05) is 0 Å². The number of hydrogen-bond donors (Lipinski definition) is 1. The second-order valence-corrected chi connectivity index (χ2v) is 5.47. The molecule has 0 fully saturated rings. The normalized spacial score (nSPS) is 10.7. The van der Waals surface area contributed by atoms with Crippen LogP contribution in [0.2, 0.25) is 0 Å². The van der Waals surface area contributed by atoms with E-state index in [1.54, 1.807) is 0 Å². The summed E-state index contributed by atoms with van der Waals surface area (Å²) < 4.78 is 5.77. The predicted molar refractivity (Wildman–Crippen MR) is 73.5 cm³/mol. The highest BCUT2D eigenvalue weighted by Gasteiger charge is 2.14. The first kappa shape index (κ1) is 14.2. The summed E-state index contributed by atoms with van der Waals surface area (Å²) >= 11 is 1.43. The molecule has 0 saturated carbocycles. The molecule has 20 heavy (non-hydrogen) atoms. The lowest BCUT2D eigenvalue weighted by atomic mass is 10.2. The lowest BCUT2D eigenvalue weighted by Crippen LogP contribution is -2.28. The first-order valence-corrected chi connectivity index (χ1v) is 6.61. The quantitative estimate of drug-likeness (QED) is 0.806. The summed E-state index contributed by atoms with van der Waals surface area (Å²) in [6.07, 6.45) is 1.30. The number of primary amides is 1. The van der Waals surface area contributed by atoms with Gasteiger partial charge in [0.2, 0.25) is 0 Å². The molecule has 2 rings (SSSR count). The van der Waals surface area contributed by atoms with Gasteiger partial charge in [0.1, 0.15) is 11.4 Å². The molecule has 8 heteroatoms. The van der Waals surface area contributed by atoms with Crippen LogP contribution >= 0.6 is 11.3 Å². The highest BCUT2D eigenvalue weighted by molar-refractivity contribution is 7.18. The Labute approximate surface area is 118 Å². The number of thiophene rings is 1. The Morgan fingerprint density at radius 2 is 2.15 bits per heavy atom. The van der Waals surface area contributed by atoms with Gasteiger partial charge in [-0.25, -0.2) is 4.98 Å². The minimum absolute atomic E-state index is 0.298. The summed E-state index contributed by atoms with van der Waals surface area (Å²) in [6.45, 7) is 2.95. The number of esters is 1. The Morgan fingerprint density at radius 1 is 1.45 bits per heavy atom. The van der Waals surface area contributed by atoms with Gasteiger partial charge in [-0.3, -0.25) is 19.0 Å². The van der Waals surface area contributed by atoms with Gasteiger partial charge in [0.15, 0.2) is 6.61 Å². The van der Waals surface area contributed by atoms with Gasteiger partial charge in [-0.05, 0) is 19.4 Å². The van der Waals surface area contributed by atoms with E-state index in [9.17, 15) is 14.4 Å². The molecule has 106 valence electrons. The third-order valence-corrected chi connectivity index (χ3v) is 3.95. The topological polar surface area (TPSA) is 104 Å². The Hall–Kier alpha value is -2.22. The van der Waals surface area contributed by atoms with Crippen molar-refractivity contribution in [2.75, 3.05) is 6.61 Å². The molecule has 2 aromatic rings. The van der Waals surface area contributed by atoms with E-state index < -0.39 is 18.5 Å². The van der Waals surface area contributed by atoms with E-state index in [0.717, 1.165) is 15.0 Å². The zero-order valence-corrected chi connectivity index (χ0v) is 11.8. The number of carbonyl (C=O) groups is 2. The molecule has 2 heterocycles. The van der Waals surface area contributed by atoms with Gasteiger partial charge >= 0.3 is 5.97 Å². The van der Waals surface area contributed by atoms with Crippen molar-refractivity contribution in [3.8, 4) is 0 Å². The van der Waals surface area contributed by atoms with Crippen molar-refractivity contribution in [1.82, 2.24) is 9.55 Å². The smallest absolute Gasteiger partial charge is 0.326 e. The van der Waals surface area contributed by atoms with Crippen LogP contribution in [0.4, 0.5) is 0 Å². The van der Waals surface area contributed by atoms with Crippen LogP contribution in [0.15, 0.2) is 11.1 Å². The third kappa shape index (κ3) is 2.69. The SMILES string of the molecule is Cc1sc2ncn(CC(=O)OCC(N)=O)c(=O)c2c1C. The second kappa shape index (κ2) is 5.41. The maximum Gasteiger partial charge on any atom is 0.326 e. The fourth-order valence-electron chi connectivity index (χ4n) is 1.72. The number of aryl methyl sites for hydroxylation is 2. The predicted octanol–water partition coefficient (Wildman–Crippen LogP) is 0.103. The van der Waals surface area contributed by atoms with E-state index >= 15 is 0 Å². The van der Waals surface area contributed by atoms with Gasteiger partial charge < -0.3 is 10.5 Å². The van der Waals surface area contributed by atoms with Crippen molar-refractivity contribution >= 4 is 33.4 Å². The van der Waals surface area contributed by atoms with E-state index in [2.05, 4.69) is 9.72 Å². The van der Waals surface area contributed by atoms with Crippen LogP contribution in [0, 0.1) is 13.8 Å². The van der Waals surface area contributed by atoms with Crippen LogP contribution in [0.5, 0.6) is 0 Å². The van der Waals surface area contributed by atoms with E-state index in [1.807, 2.05) is 13.8 Å². The number of nitrogens with two attached hydrogens (primary N) is 1. The second-order valence-electron chi connectivity index (χ2n) is 4.27. The van der Waals surface area contributed by atoms with Crippen LogP contribution in [-0.2, 0) is 20.9 Å². The molecule has 0 bridgehead atoms. The number of rotatable bonds is 4. The van der Waals surface area contributed by atoms with Crippen LogP contribution < -0.4 is 11.3 Å². The summed E-state index contributed by atoms with van der Waals surface area (Å²) in [5.41, 5.74) is 5.43. The van der Waals surface area contributed by atoms with E-state index in [1.165, 1.54) is 17.7 Å². The van der Waals surface area contributed by atoms with Gasteiger partial charge in [0.25, 0.3) is 11.5 Å². The summed E-state index contributed by atoms with van der Waals surface area (Å²) in [6, 6.07) is 0. The van der Waals surface area contributed by atoms with Gasteiger partial charge in [-0.2, -0.15) is 0 Å². The van der Waals surface area contributed by atoms with E-state index in [0.29, 0.717) is 10.2 Å². The highest BCUT2D eigenvalue weighted by Crippen LogP contribution is 2.25. The molecule has 2 aromatic heterocycles. The zero-order chi connectivity index (χ0) is 14.9. The Balaban J connectivity index is 2.30. The largest absolute Gasteiger partial charge is 0.454 e. The Morgan fingerprint density at radius 3 is 2.80 bits per heavy atom. The van der Waals surface area contributed by atoms with Crippen LogP contribution in [0.25, 0.3) is 10.2 Å². The molecule has 0 atom stereocenters. The number of carbonyl (C=O) groups excluding carboxylic acids is 2. The van der Waals surface area contributed by atoms with Crippen molar-refractivity contribution in [3.05, 3.63) is 27.1 Å². The fraction of sp³-hybridized carbons (Fsp3) is 0.333. The van der Waals surface area contributed by atoms with Gasteiger partial charge in [0, 0.05) is 4.88 Å². The number of aromatic nitrogens is 2. The molecule has 0 aliphatic heterocycles. The monoisotopic (exact) mass is 295 g/mol. The fourth-order valence-corrected chi connectivity index (χ4v) is 2.71. The maximum absolute atomic E-state index is 12.3. The van der Waals surface area contributed by atoms with E-state index in [4.69, 9.17) is 5.73 Å². The summed E-state index contributed by atoms with van der Waals surface area (Å²) in [7, 11) is 0. The Bertz CT molecular complexity index is 747. The average molecular weight is 295 g/mol. The van der Waals surface area contributed by atoms with Crippen molar-refractivity contribution in [2.45, 2.75) is 20.4 Å². The number of amides is 1. The molecule has 0 aliphatic rings. The summed E-state index contributed by atoms with van der Waals surface area (Å²) in [5, 5.41) is 0.512. The minimum Gasteiger partial charge on any atom is -0.454 e. The first-order valence-electron chi connectivity index (χ1n) is 5.79. The highest BCUT2D eigenvalue weighted by atomic mass is 32.1. The summed E-state index contributed by atoms with van der Waals surface area (Å²) in [5.74, 6) is -1.46. The molecular formula is C12H13N3O4S. The number of ether oxygens (including phenoxy) is 1. The molecule has 2 N–H and O–H groups in total. The van der Waals surface area contributed by atoms with Crippen LogP contribution in [-0.4, -0.2) is 28.0 Å². The molecule has 0 unspecified atom stereocenters. The molecule has 0 aromatic carbocycles. The van der Waals surface area contributed by atoms with E-state index in [-0.39, 0.29) is 12.1 Å². The van der Waals surface area contributed by atoms with Crippen molar-refractivity contribution < 1.29 is 14.3 Å². The molecule has 0 aliphatic carbocycles. The lowest BCUT2D eigenvalue weighted by molar-refractivity contribution is -0.148. The summed E-state index contributed by atoms with van der Waals surface area (Å²) in [4.78, 5) is 40.1. The Kier molecular flexibility index (Phi) is 3.84. The number of hydrogen-bond acceptors (Lipinski definition) is 6. The van der Waals surface area contributed by atoms with Crippen LogP contribution in [0.3, 0.4) is 0 Å². The number of nitrogens with zero attached hydrogens (tertiary/aromatic N) is 2. The maximum atomic E-state index is 12.3. The number of fused-ring (bicyclic) bond motifs is 1. The first-order chi connectivity index (χ1) is 9.40. The average Bonchev–Trinajstić information content (AvgIpc) is 2.67. The standard InChI is InChI=1S/C12H13N3O4S/c1-6-7(2)20-11-10(6)12(18)15(5-14-11)3-9(17)19-4-8(13)16/h5H,3-4H2,1-2H3,(H2,13,16). The minimum atomic E-state index is -0.747. The van der Waals surface area contributed by atoms with Crippen LogP contribution in [0.1, 0.15) is 10.4 Å². The molecule has 0 saturated heterocycles. The zero-order valence-electron chi connectivity index (χ0n) is 11.0. The van der Waals surface area contributed by atoms with Crippen molar-refractivity contribution in [2.24, 2.45) is 5.73 Å².